The van der Waals surface area contributed by atoms with Crippen LogP contribution in [-0.2, 0) is 4.79 Å². The largest absolute Gasteiger partial charge is 0.492 e. The fourth-order valence-electron chi connectivity index (χ4n) is 2.03. The molecule has 0 aliphatic carbocycles. The third-order valence-electron chi connectivity index (χ3n) is 3.35. The van der Waals surface area contributed by atoms with Crippen LogP contribution in [0.5, 0.6) is 5.75 Å². The van der Waals surface area contributed by atoms with Gasteiger partial charge in [-0.15, -0.1) is 0 Å². The van der Waals surface area contributed by atoms with Gasteiger partial charge < -0.3 is 10.1 Å². The Bertz CT molecular complexity index is 647. The lowest BCUT2D eigenvalue weighted by Gasteiger charge is -2.17. The minimum absolute atomic E-state index is 0.0389. The Hall–Kier alpha value is -1.85. The van der Waals surface area contributed by atoms with E-state index < -0.39 is 0 Å². The number of halogens is 1. The van der Waals surface area contributed by atoms with Gasteiger partial charge in [0.15, 0.2) is 0 Å². The lowest BCUT2D eigenvalue weighted by molar-refractivity contribution is -0.117. The molecule has 5 heteroatoms. The summed E-state index contributed by atoms with van der Waals surface area (Å²) in [6.45, 7) is 3.56. The Labute approximate surface area is 145 Å². The third-order valence-corrected chi connectivity index (χ3v) is 4.21. The zero-order valence-electron chi connectivity index (χ0n) is 13.4. The molecule has 2 rings (SSSR count). The molecule has 1 N–H and O–H groups in total. The van der Waals surface area contributed by atoms with E-state index in [1.54, 1.807) is 0 Å². The number of nitrogens with zero attached hydrogens (tertiary/aromatic N) is 1. The average Bonchev–Trinajstić information content (AvgIpc) is 2.52. The smallest absolute Gasteiger partial charge is 0.238 e. The highest BCUT2D eigenvalue weighted by Crippen LogP contribution is 2.20. The van der Waals surface area contributed by atoms with Crippen LogP contribution < -0.4 is 10.1 Å². The number of hydrogen-bond acceptors (Lipinski definition) is 3. The van der Waals surface area contributed by atoms with Crippen molar-refractivity contribution in [3.8, 4) is 5.75 Å². The third kappa shape index (κ3) is 6.04. The number of carbonyl (C=O) groups is 1. The maximum Gasteiger partial charge on any atom is 0.238 e. The molecule has 0 aromatic heterocycles. The second kappa shape index (κ2) is 8.70. The van der Waals surface area contributed by atoms with Crippen LogP contribution in [0.2, 0.25) is 0 Å². The molecule has 0 aliphatic heterocycles. The number of amides is 1. The van der Waals surface area contributed by atoms with Gasteiger partial charge in [0.1, 0.15) is 12.4 Å². The Morgan fingerprint density at radius 3 is 2.65 bits per heavy atom. The zero-order chi connectivity index (χ0) is 16.7. The Morgan fingerprint density at radius 1 is 1.22 bits per heavy atom. The number of rotatable bonds is 7. The molecule has 23 heavy (non-hydrogen) atoms. The molecule has 0 fully saturated rings. The molecular weight excluding hydrogens is 356 g/mol. The summed E-state index contributed by atoms with van der Waals surface area (Å²) in [4.78, 5) is 14.0. The van der Waals surface area contributed by atoms with Crippen molar-refractivity contribution in [2.75, 3.05) is 32.1 Å². The Kier molecular flexibility index (Phi) is 6.62. The van der Waals surface area contributed by atoms with E-state index in [2.05, 4.69) is 21.2 Å². The number of carbonyl (C=O) groups excluding carboxylic acids is 1. The normalized spacial score (nSPS) is 10.6. The average molecular weight is 377 g/mol. The first kappa shape index (κ1) is 17.5. The molecule has 122 valence electrons. The highest BCUT2D eigenvalue weighted by molar-refractivity contribution is 9.10. The van der Waals surface area contributed by atoms with Gasteiger partial charge in [0.25, 0.3) is 0 Å². The SMILES string of the molecule is Cc1ccc(NC(=O)CN(C)CCOc2ccccc2)cc1Br. The number of likely N-dealkylation sites (N-methyl/N-ethyl adjacent to an activating group) is 1. The molecule has 0 saturated carbocycles. The number of ether oxygens (including phenoxy) is 1. The molecule has 0 spiro atoms. The van der Waals surface area contributed by atoms with Crippen LogP contribution in [0.15, 0.2) is 53.0 Å². The molecular formula is C18H21BrN2O2. The second-order valence-corrected chi connectivity index (χ2v) is 6.27. The van der Waals surface area contributed by atoms with Crippen LogP contribution >= 0.6 is 15.9 Å². The number of nitrogens with one attached hydrogen (secondary N) is 1. The van der Waals surface area contributed by atoms with Gasteiger partial charge in [0.05, 0.1) is 6.54 Å². The summed E-state index contributed by atoms with van der Waals surface area (Å²) in [6, 6.07) is 15.4. The number of anilines is 1. The van der Waals surface area contributed by atoms with Crippen molar-refractivity contribution in [2.45, 2.75) is 6.92 Å². The predicted octanol–water partition coefficient (Wildman–Crippen LogP) is 3.71. The minimum atomic E-state index is -0.0389. The quantitative estimate of drug-likeness (QED) is 0.800. The summed E-state index contributed by atoms with van der Waals surface area (Å²) in [5.41, 5.74) is 1.93. The summed E-state index contributed by atoms with van der Waals surface area (Å²) >= 11 is 3.46. The number of aryl methyl sites for hydroxylation is 1. The van der Waals surface area contributed by atoms with Crippen LogP contribution in [0.3, 0.4) is 0 Å². The van der Waals surface area contributed by atoms with Gasteiger partial charge in [0.2, 0.25) is 5.91 Å². The van der Waals surface area contributed by atoms with Gasteiger partial charge in [-0.2, -0.15) is 0 Å². The first-order valence-electron chi connectivity index (χ1n) is 7.47. The standard InChI is InChI=1S/C18H21BrN2O2/c1-14-8-9-15(12-17(14)19)20-18(22)13-21(2)10-11-23-16-6-4-3-5-7-16/h3-9,12H,10-11,13H2,1-2H3,(H,20,22). The van der Waals surface area contributed by atoms with E-state index in [0.717, 1.165) is 21.5 Å². The second-order valence-electron chi connectivity index (χ2n) is 5.41. The number of para-hydroxylation sites is 1. The van der Waals surface area contributed by atoms with Crippen molar-refractivity contribution in [3.05, 3.63) is 58.6 Å². The van der Waals surface area contributed by atoms with Gasteiger partial charge in [-0.25, -0.2) is 0 Å². The van der Waals surface area contributed by atoms with E-state index in [-0.39, 0.29) is 5.91 Å². The number of benzene rings is 2. The lowest BCUT2D eigenvalue weighted by atomic mass is 10.2. The zero-order valence-corrected chi connectivity index (χ0v) is 15.0. The molecule has 0 bridgehead atoms. The van der Waals surface area contributed by atoms with Gasteiger partial charge in [0, 0.05) is 16.7 Å². The van der Waals surface area contributed by atoms with Crippen molar-refractivity contribution < 1.29 is 9.53 Å². The molecule has 0 heterocycles. The van der Waals surface area contributed by atoms with Crippen LogP contribution in [0.1, 0.15) is 5.56 Å². The van der Waals surface area contributed by atoms with Crippen molar-refractivity contribution in [1.29, 1.82) is 0 Å². The molecule has 0 saturated heterocycles. The van der Waals surface area contributed by atoms with Crippen molar-refractivity contribution in [1.82, 2.24) is 4.90 Å². The van der Waals surface area contributed by atoms with Crippen LogP contribution in [0.4, 0.5) is 5.69 Å². The van der Waals surface area contributed by atoms with E-state index in [4.69, 9.17) is 4.74 Å². The van der Waals surface area contributed by atoms with Crippen LogP contribution in [-0.4, -0.2) is 37.6 Å². The summed E-state index contributed by atoms with van der Waals surface area (Å²) in [5.74, 6) is 0.804. The monoisotopic (exact) mass is 376 g/mol. The van der Waals surface area contributed by atoms with Crippen molar-refractivity contribution in [3.63, 3.8) is 0 Å². The molecule has 2 aromatic rings. The minimum Gasteiger partial charge on any atom is -0.492 e. The highest BCUT2D eigenvalue weighted by atomic mass is 79.9. The predicted molar refractivity (Wildman–Crippen MR) is 96.9 cm³/mol. The fraction of sp³-hybridized carbons (Fsp3) is 0.278. The van der Waals surface area contributed by atoms with Crippen LogP contribution in [0, 0.1) is 6.92 Å². The van der Waals surface area contributed by atoms with Crippen molar-refractivity contribution >= 4 is 27.5 Å². The highest BCUT2D eigenvalue weighted by Gasteiger charge is 2.08. The van der Waals surface area contributed by atoms with Crippen LogP contribution in [0.25, 0.3) is 0 Å². The first-order chi connectivity index (χ1) is 11.0. The molecule has 1 amide bonds. The van der Waals surface area contributed by atoms with Gasteiger partial charge in [-0.3, -0.25) is 9.69 Å². The summed E-state index contributed by atoms with van der Waals surface area (Å²) < 4.78 is 6.61. The maximum atomic E-state index is 12.0. The van der Waals surface area contributed by atoms with E-state index in [9.17, 15) is 4.79 Å². The van der Waals surface area contributed by atoms with Crippen molar-refractivity contribution in [2.24, 2.45) is 0 Å². The molecule has 4 nitrogen and oxygen atoms in total. The van der Waals surface area contributed by atoms with Gasteiger partial charge >= 0.3 is 0 Å². The molecule has 0 atom stereocenters. The van der Waals surface area contributed by atoms with E-state index in [0.29, 0.717) is 19.7 Å². The van der Waals surface area contributed by atoms with Gasteiger partial charge in [-0.05, 0) is 43.8 Å². The first-order valence-corrected chi connectivity index (χ1v) is 8.26. The van der Waals surface area contributed by atoms with E-state index in [1.165, 1.54) is 0 Å². The van der Waals surface area contributed by atoms with E-state index >= 15 is 0 Å². The van der Waals surface area contributed by atoms with Gasteiger partial charge in [-0.1, -0.05) is 40.2 Å². The number of hydrogen-bond donors (Lipinski definition) is 1. The topological polar surface area (TPSA) is 41.6 Å². The fourth-order valence-corrected chi connectivity index (χ4v) is 2.41. The Morgan fingerprint density at radius 2 is 1.96 bits per heavy atom. The summed E-state index contributed by atoms with van der Waals surface area (Å²) in [7, 11) is 1.90. The molecule has 2 aromatic carbocycles. The Balaban J connectivity index is 1.72. The molecule has 0 aliphatic rings. The molecule has 0 radical (unpaired) electrons. The molecule has 0 unspecified atom stereocenters. The van der Waals surface area contributed by atoms with E-state index in [1.807, 2.05) is 67.4 Å². The lowest BCUT2D eigenvalue weighted by Crippen LogP contribution is -2.33. The summed E-state index contributed by atoms with van der Waals surface area (Å²) in [5, 5.41) is 2.90. The summed E-state index contributed by atoms with van der Waals surface area (Å²) in [6.07, 6.45) is 0. The maximum absolute atomic E-state index is 12.0.